The summed E-state index contributed by atoms with van der Waals surface area (Å²) in [6.45, 7) is 7.63. The molecule has 2 aromatic rings. The number of aromatic nitrogens is 2. The van der Waals surface area contributed by atoms with Gasteiger partial charge in [0.2, 0.25) is 5.91 Å². The largest absolute Gasteiger partial charge is 0.351 e. The second-order valence-corrected chi connectivity index (χ2v) is 7.38. The van der Waals surface area contributed by atoms with E-state index in [0.29, 0.717) is 15.4 Å². The Morgan fingerprint density at radius 1 is 1.54 bits per heavy atom. The first kappa shape index (κ1) is 18.2. The maximum absolute atomic E-state index is 12.6. The zero-order chi connectivity index (χ0) is 17.9. The number of primary amides is 1. The van der Waals surface area contributed by atoms with E-state index in [4.69, 9.17) is 5.73 Å². The summed E-state index contributed by atoms with van der Waals surface area (Å²) in [4.78, 5) is 40.9. The minimum Gasteiger partial charge on any atom is -0.351 e. The molecular weight excluding hydrogens is 348 g/mol. The van der Waals surface area contributed by atoms with E-state index in [1.54, 1.807) is 17.5 Å². The van der Waals surface area contributed by atoms with Crippen LogP contribution in [0, 0.1) is 5.92 Å². The molecule has 0 bridgehead atoms. The number of fused-ring (bicyclic) bond motifs is 1. The van der Waals surface area contributed by atoms with E-state index < -0.39 is 17.2 Å². The van der Waals surface area contributed by atoms with E-state index in [1.165, 1.54) is 15.9 Å². The molecule has 0 aromatic carbocycles. The van der Waals surface area contributed by atoms with Crippen LogP contribution in [0.5, 0.6) is 0 Å². The highest BCUT2D eigenvalue weighted by Gasteiger charge is 2.27. The number of nitrogens with two attached hydrogens (primary N) is 1. The van der Waals surface area contributed by atoms with Gasteiger partial charge in [0.25, 0.3) is 5.56 Å². The molecule has 2 aromatic heterocycles. The highest BCUT2D eigenvalue weighted by atomic mass is 32.2. The van der Waals surface area contributed by atoms with Gasteiger partial charge in [-0.2, -0.15) is 0 Å². The van der Waals surface area contributed by atoms with Gasteiger partial charge in [0, 0.05) is 6.54 Å². The average Bonchev–Trinajstić information content (AvgIpc) is 2.95. The number of amides is 3. The number of hydrogen-bond donors (Lipinski definition) is 2. The summed E-state index contributed by atoms with van der Waals surface area (Å²) in [5, 5.41) is 4.22. The number of thioether (sulfide) groups is 1. The Morgan fingerprint density at radius 3 is 2.83 bits per heavy atom. The summed E-state index contributed by atoms with van der Waals surface area (Å²) in [6, 6.07) is 0.819. The summed E-state index contributed by atoms with van der Waals surface area (Å²) in [7, 11) is 0. The molecule has 7 nitrogen and oxygen atoms in total. The van der Waals surface area contributed by atoms with Crippen molar-refractivity contribution in [3.8, 4) is 0 Å². The minimum absolute atomic E-state index is 0.0949. The third-order valence-corrected chi connectivity index (χ3v) is 5.54. The Hall–Kier alpha value is -2.13. The fraction of sp³-hybridized carbons (Fsp3) is 0.333. The molecule has 3 N–H and O–H groups in total. The first-order valence-electron chi connectivity index (χ1n) is 7.21. The van der Waals surface area contributed by atoms with Crippen molar-refractivity contribution in [3.63, 3.8) is 0 Å². The van der Waals surface area contributed by atoms with Gasteiger partial charge in [-0.05, 0) is 17.4 Å². The lowest BCUT2D eigenvalue weighted by Crippen LogP contribution is -2.42. The lowest BCUT2D eigenvalue weighted by Gasteiger charge is -2.20. The Balaban J connectivity index is 2.47. The van der Waals surface area contributed by atoms with Crippen molar-refractivity contribution in [1.29, 1.82) is 0 Å². The lowest BCUT2D eigenvalue weighted by atomic mass is 10.1. The predicted molar refractivity (Wildman–Crippen MR) is 96.3 cm³/mol. The van der Waals surface area contributed by atoms with Gasteiger partial charge in [0.15, 0.2) is 5.16 Å². The number of thiophene rings is 1. The molecule has 0 aliphatic heterocycles. The van der Waals surface area contributed by atoms with E-state index in [9.17, 15) is 14.4 Å². The molecule has 24 heavy (non-hydrogen) atoms. The number of hydrogen-bond acceptors (Lipinski definition) is 6. The average molecular weight is 366 g/mol. The Bertz CT molecular complexity index is 841. The van der Waals surface area contributed by atoms with Gasteiger partial charge >= 0.3 is 6.03 Å². The second kappa shape index (κ2) is 7.63. The fourth-order valence-electron chi connectivity index (χ4n) is 2.11. The number of urea groups is 1. The molecule has 0 saturated heterocycles. The molecule has 1 atom stereocenters. The third-order valence-electron chi connectivity index (χ3n) is 3.20. The Kier molecular flexibility index (Phi) is 5.79. The Morgan fingerprint density at radius 2 is 2.25 bits per heavy atom. The van der Waals surface area contributed by atoms with Crippen molar-refractivity contribution < 1.29 is 9.59 Å². The number of carbonyl (C=O) groups excluding carboxylic acids is 2. The first-order chi connectivity index (χ1) is 11.3. The maximum atomic E-state index is 12.6. The number of rotatable bonds is 6. The van der Waals surface area contributed by atoms with E-state index in [-0.39, 0.29) is 18.0 Å². The van der Waals surface area contributed by atoms with Crippen LogP contribution in [0.1, 0.15) is 13.8 Å². The smallest absolute Gasteiger partial charge is 0.318 e. The molecule has 128 valence electrons. The van der Waals surface area contributed by atoms with Crippen LogP contribution in [0.4, 0.5) is 4.79 Å². The summed E-state index contributed by atoms with van der Waals surface area (Å²) in [5.41, 5.74) is 4.85. The standard InChI is InChI=1S/C15H18N4O3S2/c1-4-6-19-13(21)9-5-7-23-12(9)18-15(19)24-10(8(2)3)11(20)17-14(16)22/h4-5,7-8,10H,1,6H2,2-3H3,(H3,16,17,20,22). The van der Waals surface area contributed by atoms with Crippen molar-refractivity contribution in [1.82, 2.24) is 14.9 Å². The van der Waals surface area contributed by atoms with Crippen molar-refractivity contribution >= 4 is 45.3 Å². The normalized spacial score (nSPS) is 12.3. The van der Waals surface area contributed by atoms with Gasteiger partial charge in [-0.1, -0.05) is 31.7 Å². The zero-order valence-corrected chi connectivity index (χ0v) is 14.9. The molecule has 9 heteroatoms. The van der Waals surface area contributed by atoms with Crippen molar-refractivity contribution in [2.24, 2.45) is 11.7 Å². The zero-order valence-electron chi connectivity index (χ0n) is 13.3. The van der Waals surface area contributed by atoms with Gasteiger partial charge in [-0.15, -0.1) is 17.9 Å². The van der Waals surface area contributed by atoms with Gasteiger partial charge in [0.05, 0.1) is 10.6 Å². The number of nitrogens with zero attached hydrogens (tertiary/aromatic N) is 2. The van der Waals surface area contributed by atoms with Crippen LogP contribution >= 0.6 is 23.1 Å². The van der Waals surface area contributed by atoms with Crippen LogP contribution in [0.15, 0.2) is 34.1 Å². The minimum atomic E-state index is -0.906. The van der Waals surface area contributed by atoms with E-state index in [2.05, 4.69) is 16.9 Å². The number of imide groups is 1. The topological polar surface area (TPSA) is 107 Å². The first-order valence-corrected chi connectivity index (χ1v) is 8.97. The Labute approximate surface area is 146 Å². The SMILES string of the molecule is C=CCn1c(SC(C(=O)NC(N)=O)C(C)C)nc2sccc2c1=O. The summed E-state index contributed by atoms with van der Waals surface area (Å²) in [5.74, 6) is -0.601. The number of nitrogens with one attached hydrogen (secondary N) is 1. The molecule has 0 radical (unpaired) electrons. The highest BCUT2D eigenvalue weighted by molar-refractivity contribution is 8.00. The van der Waals surface area contributed by atoms with E-state index in [0.717, 1.165) is 11.8 Å². The van der Waals surface area contributed by atoms with Crippen LogP contribution in [0.3, 0.4) is 0 Å². The van der Waals surface area contributed by atoms with Gasteiger partial charge in [-0.3, -0.25) is 19.5 Å². The fourth-order valence-corrected chi connectivity index (χ4v) is 4.01. The quantitative estimate of drug-likeness (QED) is 0.462. The van der Waals surface area contributed by atoms with E-state index in [1.807, 2.05) is 13.8 Å². The predicted octanol–water partition coefficient (Wildman–Crippen LogP) is 1.96. The molecule has 0 saturated carbocycles. The molecular formula is C15H18N4O3S2. The summed E-state index contributed by atoms with van der Waals surface area (Å²) < 4.78 is 1.47. The molecule has 0 fully saturated rings. The third kappa shape index (κ3) is 3.85. The molecule has 2 rings (SSSR count). The van der Waals surface area contributed by atoms with Gasteiger partial charge in [0.1, 0.15) is 4.83 Å². The lowest BCUT2D eigenvalue weighted by molar-refractivity contribution is -0.120. The molecule has 1 unspecified atom stereocenters. The van der Waals surface area contributed by atoms with Crippen molar-refractivity contribution in [2.75, 3.05) is 0 Å². The highest BCUT2D eigenvalue weighted by Crippen LogP contribution is 2.28. The number of allylic oxidation sites excluding steroid dienone is 1. The van der Waals surface area contributed by atoms with Crippen molar-refractivity contribution in [2.45, 2.75) is 30.8 Å². The summed E-state index contributed by atoms with van der Waals surface area (Å²) in [6.07, 6.45) is 1.60. The number of carbonyl (C=O) groups is 2. The van der Waals surface area contributed by atoms with Gasteiger partial charge < -0.3 is 5.73 Å². The molecule has 2 heterocycles. The summed E-state index contributed by atoms with van der Waals surface area (Å²) >= 11 is 2.50. The molecule has 0 aliphatic rings. The molecule has 3 amide bonds. The maximum Gasteiger partial charge on any atom is 0.318 e. The van der Waals surface area contributed by atoms with E-state index >= 15 is 0 Å². The second-order valence-electron chi connectivity index (χ2n) is 5.37. The van der Waals surface area contributed by atoms with Gasteiger partial charge in [-0.25, -0.2) is 9.78 Å². The van der Waals surface area contributed by atoms with Crippen molar-refractivity contribution in [3.05, 3.63) is 34.5 Å². The molecule has 0 spiro atoms. The van der Waals surface area contributed by atoms with Crippen LogP contribution in [-0.2, 0) is 11.3 Å². The van der Waals surface area contributed by atoms with Crippen LogP contribution in [0.2, 0.25) is 0 Å². The monoisotopic (exact) mass is 366 g/mol. The van der Waals surface area contributed by atoms with Crippen LogP contribution < -0.4 is 16.6 Å². The van der Waals surface area contributed by atoms with Crippen LogP contribution in [-0.4, -0.2) is 26.7 Å². The molecule has 0 aliphatic carbocycles. The van der Waals surface area contributed by atoms with Crippen LogP contribution in [0.25, 0.3) is 10.2 Å².